The molecule has 0 saturated heterocycles. The van der Waals surface area contributed by atoms with Crippen molar-refractivity contribution in [3.05, 3.63) is 133 Å². The maximum Gasteiger partial charge on any atom is 0.227 e. The van der Waals surface area contributed by atoms with Crippen LogP contribution in [0.25, 0.3) is 78.3 Å². The van der Waals surface area contributed by atoms with Crippen LogP contribution in [0.4, 0.5) is 0 Å². The molecule has 2 aromatic heterocycles. The Bertz CT molecular complexity index is 2140. The lowest BCUT2D eigenvalue weighted by Gasteiger charge is -2.09. The summed E-state index contributed by atoms with van der Waals surface area (Å²) < 4.78 is 6.27. The van der Waals surface area contributed by atoms with Crippen molar-refractivity contribution in [3.8, 4) is 45.6 Å². The lowest BCUT2D eigenvalue weighted by Crippen LogP contribution is -2.00. The summed E-state index contributed by atoms with van der Waals surface area (Å²) in [4.78, 5) is 19.5. The first-order valence-electron chi connectivity index (χ1n) is 13.5. The van der Waals surface area contributed by atoms with Gasteiger partial charge in [-0.1, -0.05) is 115 Å². The maximum absolute atomic E-state index is 6.27. The number of nitrogens with zero attached hydrogens (tertiary/aromatic N) is 4. The number of hydrogen-bond donors (Lipinski definition) is 0. The third kappa shape index (κ3) is 4.12. The first kappa shape index (κ1) is 23.2. The Morgan fingerprint density at radius 1 is 0.415 bits per heavy atom. The quantitative estimate of drug-likeness (QED) is 0.229. The van der Waals surface area contributed by atoms with Crippen LogP contribution in [0.15, 0.2) is 138 Å². The first-order valence-corrected chi connectivity index (χ1v) is 13.5. The molecule has 0 N–H and O–H groups in total. The van der Waals surface area contributed by atoms with Gasteiger partial charge < -0.3 is 4.42 Å². The molecule has 2 heterocycles. The Morgan fingerprint density at radius 2 is 1.05 bits per heavy atom. The highest BCUT2D eigenvalue weighted by Gasteiger charge is 2.16. The van der Waals surface area contributed by atoms with Gasteiger partial charge >= 0.3 is 0 Å². The van der Waals surface area contributed by atoms with E-state index < -0.39 is 0 Å². The van der Waals surface area contributed by atoms with Crippen molar-refractivity contribution in [1.29, 1.82) is 0 Å². The van der Waals surface area contributed by atoms with Crippen molar-refractivity contribution in [3.63, 3.8) is 0 Å². The molecule has 8 aromatic rings. The van der Waals surface area contributed by atoms with Crippen LogP contribution in [0, 0.1) is 0 Å². The minimum Gasteiger partial charge on any atom is -0.436 e. The fraction of sp³-hybridized carbons (Fsp3) is 0. The standard InChI is InChI=1S/C36H22N4O/c1-3-11-24(12-4-1)33-38-34(25-13-5-2-6-14-25)40-35(39-33)27-18-20-29-26(22-27)19-21-31-32(29)37-36(41-31)30-17-9-15-23-10-7-8-16-28(23)30/h1-22H. The minimum atomic E-state index is 0.617. The zero-order chi connectivity index (χ0) is 27.2. The van der Waals surface area contributed by atoms with Crippen LogP contribution in [0.3, 0.4) is 0 Å². The van der Waals surface area contributed by atoms with Gasteiger partial charge in [0.05, 0.1) is 0 Å². The molecule has 0 radical (unpaired) electrons. The van der Waals surface area contributed by atoms with E-state index in [0.717, 1.165) is 54.9 Å². The Kier molecular flexibility index (Phi) is 5.38. The van der Waals surface area contributed by atoms with Gasteiger partial charge in [0.1, 0.15) is 5.52 Å². The summed E-state index contributed by atoms with van der Waals surface area (Å²) in [7, 11) is 0. The molecular weight excluding hydrogens is 504 g/mol. The summed E-state index contributed by atoms with van der Waals surface area (Å²) >= 11 is 0. The Labute approximate surface area is 235 Å². The molecule has 0 spiro atoms. The smallest absolute Gasteiger partial charge is 0.227 e. The molecule has 0 atom stereocenters. The predicted molar refractivity (Wildman–Crippen MR) is 164 cm³/mol. The van der Waals surface area contributed by atoms with Gasteiger partial charge in [-0.15, -0.1) is 0 Å². The lowest BCUT2D eigenvalue weighted by atomic mass is 10.0. The van der Waals surface area contributed by atoms with Crippen LogP contribution in [0.2, 0.25) is 0 Å². The summed E-state index contributed by atoms with van der Waals surface area (Å²) in [5.74, 6) is 2.52. The lowest BCUT2D eigenvalue weighted by molar-refractivity contribution is 0.620. The highest BCUT2D eigenvalue weighted by atomic mass is 16.3. The average Bonchev–Trinajstić information content (AvgIpc) is 3.50. The second-order valence-electron chi connectivity index (χ2n) is 9.93. The molecule has 8 rings (SSSR count). The van der Waals surface area contributed by atoms with Crippen LogP contribution < -0.4 is 0 Å². The second kappa shape index (κ2) is 9.50. The van der Waals surface area contributed by atoms with Crippen molar-refractivity contribution in [1.82, 2.24) is 19.9 Å². The van der Waals surface area contributed by atoms with E-state index in [1.807, 2.05) is 91.0 Å². The van der Waals surface area contributed by atoms with Crippen LogP contribution in [-0.2, 0) is 0 Å². The highest BCUT2D eigenvalue weighted by Crippen LogP contribution is 2.35. The topological polar surface area (TPSA) is 64.7 Å². The van der Waals surface area contributed by atoms with E-state index in [4.69, 9.17) is 24.4 Å². The van der Waals surface area contributed by atoms with Gasteiger partial charge in [0, 0.05) is 27.6 Å². The number of hydrogen-bond acceptors (Lipinski definition) is 5. The van der Waals surface area contributed by atoms with Gasteiger partial charge in [-0.05, 0) is 34.4 Å². The summed E-state index contributed by atoms with van der Waals surface area (Å²) in [6.45, 7) is 0. The SMILES string of the molecule is c1ccc(-c2nc(-c3ccccc3)nc(-c3ccc4c(ccc5oc(-c6cccc7ccccc67)nc54)c3)n2)cc1. The second-order valence-corrected chi connectivity index (χ2v) is 9.93. The molecule has 0 amide bonds. The van der Waals surface area contributed by atoms with Gasteiger partial charge in [0.15, 0.2) is 23.1 Å². The molecule has 0 fully saturated rings. The van der Waals surface area contributed by atoms with Gasteiger partial charge in [0.25, 0.3) is 0 Å². The molecule has 5 heteroatoms. The van der Waals surface area contributed by atoms with Crippen molar-refractivity contribution in [2.24, 2.45) is 0 Å². The Balaban J connectivity index is 1.26. The van der Waals surface area contributed by atoms with E-state index in [9.17, 15) is 0 Å². The summed E-state index contributed by atoms with van der Waals surface area (Å²) in [6, 6.07) is 44.8. The number of benzene rings is 6. The van der Waals surface area contributed by atoms with E-state index in [-0.39, 0.29) is 0 Å². The third-order valence-corrected chi connectivity index (χ3v) is 7.35. The Morgan fingerprint density at radius 3 is 1.78 bits per heavy atom. The number of oxazole rings is 1. The van der Waals surface area contributed by atoms with Gasteiger partial charge in [0.2, 0.25) is 5.89 Å². The minimum absolute atomic E-state index is 0.617. The van der Waals surface area contributed by atoms with Crippen LogP contribution in [0.1, 0.15) is 0 Å². The highest BCUT2D eigenvalue weighted by molar-refractivity contribution is 6.06. The predicted octanol–water partition coefficient (Wildman–Crippen LogP) is 8.99. The van der Waals surface area contributed by atoms with Crippen molar-refractivity contribution < 1.29 is 4.42 Å². The van der Waals surface area contributed by atoms with E-state index in [1.165, 1.54) is 0 Å². The maximum atomic E-state index is 6.27. The first-order chi connectivity index (χ1) is 20.3. The van der Waals surface area contributed by atoms with E-state index in [0.29, 0.717) is 23.4 Å². The third-order valence-electron chi connectivity index (χ3n) is 7.35. The molecule has 5 nitrogen and oxygen atoms in total. The van der Waals surface area contributed by atoms with Crippen LogP contribution >= 0.6 is 0 Å². The van der Waals surface area contributed by atoms with Gasteiger partial charge in [-0.2, -0.15) is 0 Å². The van der Waals surface area contributed by atoms with Crippen molar-refractivity contribution in [2.45, 2.75) is 0 Å². The average molecular weight is 527 g/mol. The number of aromatic nitrogens is 4. The zero-order valence-electron chi connectivity index (χ0n) is 21.9. The molecule has 0 saturated carbocycles. The largest absolute Gasteiger partial charge is 0.436 e. The van der Waals surface area contributed by atoms with E-state index >= 15 is 0 Å². The Hall–Kier alpha value is -5.68. The zero-order valence-corrected chi connectivity index (χ0v) is 21.9. The molecule has 0 unspecified atom stereocenters. The fourth-order valence-corrected chi connectivity index (χ4v) is 5.32. The van der Waals surface area contributed by atoms with Gasteiger partial charge in [-0.3, -0.25) is 0 Å². The summed E-state index contributed by atoms with van der Waals surface area (Å²) in [5.41, 5.74) is 5.37. The summed E-state index contributed by atoms with van der Waals surface area (Å²) in [6.07, 6.45) is 0. The number of fused-ring (bicyclic) bond motifs is 4. The van der Waals surface area contributed by atoms with Gasteiger partial charge in [-0.25, -0.2) is 19.9 Å². The molecule has 192 valence electrons. The molecule has 41 heavy (non-hydrogen) atoms. The van der Waals surface area contributed by atoms with Crippen molar-refractivity contribution in [2.75, 3.05) is 0 Å². The van der Waals surface area contributed by atoms with E-state index in [1.54, 1.807) is 0 Å². The van der Waals surface area contributed by atoms with Crippen LogP contribution in [-0.4, -0.2) is 19.9 Å². The molecule has 0 bridgehead atoms. The fourth-order valence-electron chi connectivity index (χ4n) is 5.32. The molecular formula is C36H22N4O. The molecule has 0 aliphatic heterocycles. The normalized spacial score (nSPS) is 11.4. The molecule has 0 aliphatic carbocycles. The number of rotatable bonds is 4. The van der Waals surface area contributed by atoms with Crippen LogP contribution in [0.5, 0.6) is 0 Å². The monoisotopic (exact) mass is 526 g/mol. The van der Waals surface area contributed by atoms with Crippen molar-refractivity contribution >= 4 is 32.6 Å². The summed E-state index contributed by atoms with van der Waals surface area (Å²) in [5, 5.41) is 4.33. The molecule has 6 aromatic carbocycles. The molecule has 0 aliphatic rings. The van der Waals surface area contributed by atoms with E-state index in [2.05, 4.69) is 42.5 Å².